The summed E-state index contributed by atoms with van der Waals surface area (Å²) in [5.41, 5.74) is 0. The minimum absolute atomic E-state index is 0.229. The van der Waals surface area contributed by atoms with Gasteiger partial charge in [-0.2, -0.15) is 0 Å². The van der Waals surface area contributed by atoms with Crippen LogP contribution in [0, 0.1) is 17.8 Å². The minimum atomic E-state index is -0.229. The van der Waals surface area contributed by atoms with Crippen LogP contribution in [-0.2, 0) is 4.74 Å². The Labute approximate surface area is 124 Å². The van der Waals surface area contributed by atoms with E-state index in [4.69, 9.17) is 9.47 Å². The summed E-state index contributed by atoms with van der Waals surface area (Å²) in [5, 5.41) is 0. The molecule has 0 fully saturated rings. The largest absolute Gasteiger partial charge is 0.464 e. The maximum absolute atomic E-state index is 6.06. The van der Waals surface area contributed by atoms with E-state index in [0.717, 1.165) is 18.6 Å². The number of hydrogen-bond donors (Lipinski definition) is 0. The molecule has 1 aromatic rings. The lowest BCUT2D eigenvalue weighted by Gasteiger charge is -2.29. The van der Waals surface area contributed by atoms with Crippen molar-refractivity contribution in [2.45, 2.75) is 53.8 Å². The van der Waals surface area contributed by atoms with Crippen molar-refractivity contribution < 1.29 is 9.47 Å². The predicted molar refractivity (Wildman–Crippen MR) is 84.6 cm³/mol. The topological polar surface area (TPSA) is 18.5 Å². The Morgan fingerprint density at radius 2 is 1.50 bits per heavy atom. The predicted octanol–water partition coefficient (Wildman–Crippen LogP) is 5.09. The van der Waals surface area contributed by atoms with Crippen molar-refractivity contribution >= 4 is 0 Å². The highest BCUT2D eigenvalue weighted by Crippen LogP contribution is 2.29. The molecule has 0 bridgehead atoms. The Kier molecular flexibility index (Phi) is 7.68. The summed E-state index contributed by atoms with van der Waals surface area (Å²) in [4.78, 5) is 0. The van der Waals surface area contributed by atoms with Crippen molar-refractivity contribution in [1.82, 2.24) is 0 Å². The van der Waals surface area contributed by atoms with Crippen molar-refractivity contribution in [3.8, 4) is 5.75 Å². The summed E-state index contributed by atoms with van der Waals surface area (Å²) < 4.78 is 11.9. The van der Waals surface area contributed by atoms with Gasteiger partial charge in [0.1, 0.15) is 5.75 Å². The lowest BCUT2D eigenvalue weighted by Crippen LogP contribution is -2.30. The molecule has 0 aromatic heterocycles. The number of ether oxygens (including phenoxy) is 2. The molecule has 0 amide bonds. The van der Waals surface area contributed by atoms with Gasteiger partial charge in [-0.3, -0.25) is 0 Å². The van der Waals surface area contributed by atoms with E-state index >= 15 is 0 Å². The fourth-order valence-corrected chi connectivity index (χ4v) is 2.33. The highest BCUT2D eigenvalue weighted by atomic mass is 16.7. The Hall–Kier alpha value is -1.02. The zero-order chi connectivity index (χ0) is 15.0. The third-order valence-electron chi connectivity index (χ3n) is 2.98. The van der Waals surface area contributed by atoms with Crippen LogP contribution < -0.4 is 4.74 Å². The second-order valence-electron chi connectivity index (χ2n) is 6.07. The van der Waals surface area contributed by atoms with Crippen molar-refractivity contribution in [2.24, 2.45) is 11.8 Å². The first-order valence-electron chi connectivity index (χ1n) is 7.70. The Balaban J connectivity index is 2.77. The molecule has 0 saturated carbocycles. The lowest BCUT2D eigenvalue weighted by molar-refractivity contribution is -0.0711. The summed E-state index contributed by atoms with van der Waals surface area (Å²) in [6, 6.07) is 9.93. The van der Waals surface area contributed by atoms with E-state index in [0.29, 0.717) is 18.4 Å². The smallest absolute Gasteiger partial charge is 0.206 e. The SMILES string of the molecule is CCOC(Oc1ccccc1)[C](CC(C)C)CC(C)C. The van der Waals surface area contributed by atoms with E-state index in [1.165, 1.54) is 5.92 Å². The lowest BCUT2D eigenvalue weighted by atomic mass is 9.89. The van der Waals surface area contributed by atoms with Crippen LogP contribution in [0.3, 0.4) is 0 Å². The van der Waals surface area contributed by atoms with Crippen molar-refractivity contribution in [2.75, 3.05) is 6.61 Å². The molecule has 0 heterocycles. The molecule has 0 saturated heterocycles. The van der Waals surface area contributed by atoms with E-state index in [1.54, 1.807) is 0 Å². The first-order chi connectivity index (χ1) is 9.52. The second kappa shape index (κ2) is 9.02. The average Bonchev–Trinajstić information content (AvgIpc) is 2.37. The first-order valence-corrected chi connectivity index (χ1v) is 7.70. The molecule has 1 unspecified atom stereocenters. The van der Waals surface area contributed by atoms with Gasteiger partial charge in [0.25, 0.3) is 0 Å². The van der Waals surface area contributed by atoms with Gasteiger partial charge in [0, 0.05) is 12.5 Å². The van der Waals surface area contributed by atoms with Gasteiger partial charge in [0.15, 0.2) is 0 Å². The van der Waals surface area contributed by atoms with Gasteiger partial charge in [-0.15, -0.1) is 0 Å². The first kappa shape index (κ1) is 17.0. The molecule has 2 nitrogen and oxygen atoms in total. The molecule has 1 rings (SSSR count). The molecule has 1 atom stereocenters. The zero-order valence-electron chi connectivity index (χ0n) is 13.6. The van der Waals surface area contributed by atoms with Crippen LogP contribution in [0.5, 0.6) is 5.75 Å². The van der Waals surface area contributed by atoms with E-state index in [2.05, 4.69) is 27.7 Å². The van der Waals surface area contributed by atoms with Crippen LogP contribution >= 0.6 is 0 Å². The quantitative estimate of drug-likeness (QED) is 0.585. The molecule has 113 valence electrons. The third kappa shape index (κ3) is 6.42. The summed E-state index contributed by atoms with van der Waals surface area (Å²) in [5.74, 6) is 3.47. The monoisotopic (exact) mass is 277 g/mol. The van der Waals surface area contributed by atoms with E-state index in [1.807, 2.05) is 37.3 Å². The van der Waals surface area contributed by atoms with Crippen molar-refractivity contribution in [3.05, 3.63) is 36.2 Å². The summed E-state index contributed by atoms with van der Waals surface area (Å²) in [6.45, 7) is 11.6. The van der Waals surface area contributed by atoms with E-state index in [9.17, 15) is 0 Å². The molecule has 2 heteroatoms. The zero-order valence-corrected chi connectivity index (χ0v) is 13.6. The molecular formula is C18H29O2. The van der Waals surface area contributed by atoms with Gasteiger partial charge >= 0.3 is 0 Å². The molecular weight excluding hydrogens is 248 g/mol. The Morgan fingerprint density at radius 1 is 0.950 bits per heavy atom. The molecule has 1 radical (unpaired) electrons. The Morgan fingerprint density at radius 3 is 1.95 bits per heavy atom. The number of rotatable bonds is 9. The number of benzene rings is 1. The van der Waals surface area contributed by atoms with Crippen LogP contribution in [-0.4, -0.2) is 12.9 Å². The van der Waals surface area contributed by atoms with Crippen LogP contribution in [0.15, 0.2) is 30.3 Å². The number of para-hydroxylation sites is 1. The highest BCUT2D eigenvalue weighted by Gasteiger charge is 2.26. The molecule has 0 spiro atoms. The Bertz CT molecular complexity index is 336. The minimum Gasteiger partial charge on any atom is -0.464 e. The maximum Gasteiger partial charge on any atom is 0.206 e. The molecule has 0 aliphatic heterocycles. The van der Waals surface area contributed by atoms with E-state index < -0.39 is 0 Å². The van der Waals surface area contributed by atoms with E-state index in [-0.39, 0.29) is 6.29 Å². The standard InChI is InChI=1S/C18H29O2/c1-6-19-18(20-17-10-8-7-9-11-17)16(12-14(2)3)13-15(4)5/h7-11,14-15,18H,6,12-13H2,1-5H3. The van der Waals surface area contributed by atoms with Gasteiger partial charge in [-0.1, -0.05) is 45.9 Å². The molecule has 0 N–H and O–H groups in total. The summed E-state index contributed by atoms with van der Waals surface area (Å²) in [7, 11) is 0. The molecule has 0 aliphatic carbocycles. The van der Waals surface area contributed by atoms with Crippen LogP contribution in [0.1, 0.15) is 47.5 Å². The fourth-order valence-electron chi connectivity index (χ4n) is 2.33. The van der Waals surface area contributed by atoms with Gasteiger partial charge < -0.3 is 9.47 Å². The molecule has 1 aromatic carbocycles. The molecule has 20 heavy (non-hydrogen) atoms. The maximum atomic E-state index is 6.06. The average molecular weight is 277 g/mol. The highest BCUT2D eigenvalue weighted by molar-refractivity contribution is 5.21. The summed E-state index contributed by atoms with van der Waals surface area (Å²) >= 11 is 0. The van der Waals surface area contributed by atoms with Gasteiger partial charge in [-0.25, -0.2) is 0 Å². The van der Waals surface area contributed by atoms with Gasteiger partial charge in [-0.05, 0) is 43.7 Å². The molecule has 0 aliphatic rings. The van der Waals surface area contributed by atoms with Gasteiger partial charge in [0.05, 0.1) is 0 Å². The normalized spacial score (nSPS) is 13.2. The summed E-state index contributed by atoms with van der Waals surface area (Å²) in [6.07, 6.45) is 1.87. The third-order valence-corrected chi connectivity index (χ3v) is 2.98. The van der Waals surface area contributed by atoms with Crippen LogP contribution in [0.25, 0.3) is 0 Å². The van der Waals surface area contributed by atoms with Crippen LogP contribution in [0.4, 0.5) is 0 Å². The van der Waals surface area contributed by atoms with Crippen molar-refractivity contribution in [1.29, 1.82) is 0 Å². The van der Waals surface area contributed by atoms with Crippen LogP contribution in [0.2, 0.25) is 0 Å². The number of hydrogen-bond acceptors (Lipinski definition) is 2. The second-order valence-corrected chi connectivity index (χ2v) is 6.07. The fraction of sp³-hybridized carbons (Fsp3) is 0.611. The van der Waals surface area contributed by atoms with Crippen molar-refractivity contribution in [3.63, 3.8) is 0 Å². The van der Waals surface area contributed by atoms with Gasteiger partial charge in [0.2, 0.25) is 6.29 Å².